The van der Waals surface area contributed by atoms with E-state index >= 15 is 0 Å². The van der Waals surface area contributed by atoms with Crippen LogP contribution in [0.25, 0.3) is 0 Å². The van der Waals surface area contributed by atoms with E-state index in [1.807, 2.05) is 12.1 Å². The molecule has 0 saturated carbocycles. The fourth-order valence-electron chi connectivity index (χ4n) is 4.24. The molecule has 8 nitrogen and oxygen atoms in total. The number of fused-ring (bicyclic) bond motifs is 1. The maximum Gasteiger partial charge on any atom is 0.339 e. The number of amides is 1. The van der Waals surface area contributed by atoms with Crippen LogP contribution in [0.15, 0.2) is 42.6 Å². The van der Waals surface area contributed by atoms with Crippen LogP contribution in [0.3, 0.4) is 0 Å². The van der Waals surface area contributed by atoms with E-state index in [9.17, 15) is 14.4 Å². The Kier molecular flexibility index (Phi) is 6.12. The van der Waals surface area contributed by atoms with E-state index in [1.165, 1.54) is 6.20 Å². The molecule has 1 saturated heterocycles. The van der Waals surface area contributed by atoms with Gasteiger partial charge in [0.05, 0.1) is 17.7 Å². The maximum atomic E-state index is 13.4. The minimum atomic E-state index is -1.21. The number of anilines is 1. The van der Waals surface area contributed by atoms with Gasteiger partial charge in [0.2, 0.25) is 0 Å². The molecule has 2 aliphatic rings. The summed E-state index contributed by atoms with van der Waals surface area (Å²) in [6.45, 7) is 6.17. The molecule has 1 aromatic carbocycles. The number of benzene rings is 1. The summed E-state index contributed by atoms with van der Waals surface area (Å²) >= 11 is 0. The normalized spacial score (nSPS) is 20.8. The fourth-order valence-corrected chi connectivity index (χ4v) is 4.24. The molecule has 0 bridgehead atoms. The molecule has 0 spiro atoms. The molecule has 1 unspecified atom stereocenters. The summed E-state index contributed by atoms with van der Waals surface area (Å²) in [5.41, 5.74) is 0.564. The molecule has 0 aliphatic carbocycles. The van der Waals surface area contributed by atoms with Gasteiger partial charge in [-0.15, -0.1) is 0 Å². The molecule has 0 N–H and O–H groups in total. The van der Waals surface area contributed by atoms with Crippen molar-refractivity contribution >= 4 is 23.7 Å². The van der Waals surface area contributed by atoms with Crippen molar-refractivity contribution in [1.29, 1.82) is 0 Å². The summed E-state index contributed by atoms with van der Waals surface area (Å²) in [4.78, 5) is 45.9. The number of esters is 2. The van der Waals surface area contributed by atoms with Crippen molar-refractivity contribution in [3.8, 4) is 0 Å². The monoisotopic (exact) mass is 437 g/mol. The van der Waals surface area contributed by atoms with Crippen LogP contribution < -0.4 is 4.90 Å². The molecule has 2 aromatic rings. The van der Waals surface area contributed by atoms with Crippen LogP contribution in [0.2, 0.25) is 0 Å². The molecule has 1 aromatic heterocycles. The van der Waals surface area contributed by atoms with Crippen LogP contribution in [0, 0.1) is 0 Å². The number of aromatic nitrogens is 1. The van der Waals surface area contributed by atoms with Crippen molar-refractivity contribution < 1.29 is 23.9 Å². The van der Waals surface area contributed by atoms with E-state index in [0.717, 1.165) is 24.3 Å². The van der Waals surface area contributed by atoms with Gasteiger partial charge in [0.15, 0.2) is 5.60 Å². The highest BCUT2D eigenvalue weighted by molar-refractivity contribution is 5.97. The molecule has 0 radical (unpaired) electrons. The lowest BCUT2D eigenvalue weighted by atomic mass is 9.89. The van der Waals surface area contributed by atoms with Gasteiger partial charge in [0, 0.05) is 38.8 Å². The maximum absolute atomic E-state index is 13.4. The third-order valence-electron chi connectivity index (χ3n) is 5.90. The number of hydrogen-bond acceptors (Lipinski definition) is 7. The van der Waals surface area contributed by atoms with E-state index < -0.39 is 17.5 Å². The number of pyridine rings is 1. The van der Waals surface area contributed by atoms with Crippen LogP contribution in [-0.2, 0) is 20.7 Å². The second-order valence-corrected chi connectivity index (χ2v) is 8.21. The van der Waals surface area contributed by atoms with Gasteiger partial charge in [-0.1, -0.05) is 18.2 Å². The van der Waals surface area contributed by atoms with Gasteiger partial charge < -0.3 is 19.3 Å². The average Bonchev–Trinajstić information content (AvgIpc) is 3.05. The third kappa shape index (κ3) is 4.30. The topological polar surface area (TPSA) is 89.0 Å². The first-order valence-corrected chi connectivity index (χ1v) is 10.9. The molecule has 8 heteroatoms. The highest BCUT2D eigenvalue weighted by Crippen LogP contribution is 2.30. The Bertz CT molecular complexity index is 1020. The zero-order valence-corrected chi connectivity index (χ0v) is 18.4. The number of nitrogens with zero attached hydrogens (tertiary/aromatic N) is 3. The van der Waals surface area contributed by atoms with Crippen LogP contribution in [-0.4, -0.2) is 66.1 Å². The minimum Gasteiger partial charge on any atom is -0.462 e. The first-order chi connectivity index (χ1) is 15.4. The van der Waals surface area contributed by atoms with Gasteiger partial charge in [-0.25, -0.2) is 14.6 Å². The largest absolute Gasteiger partial charge is 0.462 e. The zero-order valence-electron chi connectivity index (χ0n) is 18.4. The van der Waals surface area contributed by atoms with E-state index in [1.54, 1.807) is 43.0 Å². The molecular weight excluding hydrogens is 410 g/mol. The highest BCUT2D eigenvalue weighted by atomic mass is 16.6. The summed E-state index contributed by atoms with van der Waals surface area (Å²) in [5.74, 6) is -0.273. The van der Waals surface area contributed by atoms with Crippen LogP contribution in [0.1, 0.15) is 46.5 Å². The van der Waals surface area contributed by atoms with Gasteiger partial charge in [0.25, 0.3) is 5.91 Å². The molecule has 2 aliphatic heterocycles. The predicted octanol–water partition coefficient (Wildman–Crippen LogP) is 2.47. The Morgan fingerprint density at radius 1 is 1.12 bits per heavy atom. The Balaban J connectivity index is 1.43. The van der Waals surface area contributed by atoms with Crippen molar-refractivity contribution in [2.45, 2.75) is 32.3 Å². The van der Waals surface area contributed by atoms with Gasteiger partial charge in [0.1, 0.15) is 5.82 Å². The van der Waals surface area contributed by atoms with Crippen LogP contribution in [0.4, 0.5) is 5.82 Å². The number of cyclic esters (lactones) is 1. The average molecular weight is 437 g/mol. The van der Waals surface area contributed by atoms with Crippen LogP contribution in [0.5, 0.6) is 0 Å². The van der Waals surface area contributed by atoms with E-state index in [2.05, 4.69) is 9.88 Å². The standard InChI is InChI=1S/C24H27N3O5/c1-3-31-21(28)18-9-10-20(25-16-18)26-11-6-12-27(14-13-26)23(30)24(2)15-17-7-4-5-8-19(17)22(29)32-24/h4-5,7-10,16H,3,6,11-15H2,1-2H3. The number of carbonyl (C=O) groups is 3. The smallest absolute Gasteiger partial charge is 0.339 e. The lowest BCUT2D eigenvalue weighted by Gasteiger charge is -2.36. The molecule has 1 fully saturated rings. The number of hydrogen-bond donors (Lipinski definition) is 0. The van der Waals surface area contributed by atoms with Crippen molar-refractivity contribution in [1.82, 2.24) is 9.88 Å². The summed E-state index contributed by atoms with van der Waals surface area (Å²) < 4.78 is 10.6. The molecule has 3 heterocycles. The number of ether oxygens (including phenoxy) is 2. The summed E-state index contributed by atoms with van der Waals surface area (Å²) in [6.07, 6.45) is 2.64. The SMILES string of the molecule is CCOC(=O)c1ccc(N2CCCN(C(=O)C3(C)Cc4ccccc4C(=O)O3)CC2)nc1. The Morgan fingerprint density at radius 2 is 1.94 bits per heavy atom. The highest BCUT2D eigenvalue weighted by Gasteiger charge is 2.45. The third-order valence-corrected chi connectivity index (χ3v) is 5.90. The number of rotatable bonds is 4. The van der Waals surface area contributed by atoms with Crippen LogP contribution >= 0.6 is 0 Å². The van der Waals surface area contributed by atoms with Crippen molar-refractivity contribution in [3.63, 3.8) is 0 Å². The van der Waals surface area contributed by atoms with Gasteiger partial charge in [-0.3, -0.25) is 4.79 Å². The molecule has 4 rings (SSSR count). The quantitative estimate of drug-likeness (QED) is 0.679. The molecule has 168 valence electrons. The van der Waals surface area contributed by atoms with Crippen molar-refractivity contribution in [2.75, 3.05) is 37.7 Å². The Labute approximate surface area is 187 Å². The molecule has 1 amide bonds. The first kappa shape index (κ1) is 21.8. The second kappa shape index (κ2) is 8.98. The van der Waals surface area contributed by atoms with Gasteiger partial charge in [-0.05, 0) is 44.0 Å². The van der Waals surface area contributed by atoms with E-state index in [4.69, 9.17) is 9.47 Å². The van der Waals surface area contributed by atoms with Gasteiger partial charge in [-0.2, -0.15) is 0 Å². The fraction of sp³-hybridized carbons (Fsp3) is 0.417. The second-order valence-electron chi connectivity index (χ2n) is 8.21. The van der Waals surface area contributed by atoms with Crippen molar-refractivity contribution in [3.05, 3.63) is 59.3 Å². The predicted molar refractivity (Wildman–Crippen MR) is 118 cm³/mol. The lowest BCUT2D eigenvalue weighted by Crippen LogP contribution is -2.53. The summed E-state index contributed by atoms with van der Waals surface area (Å²) in [6, 6.07) is 10.8. The molecular formula is C24H27N3O5. The molecule has 32 heavy (non-hydrogen) atoms. The van der Waals surface area contributed by atoms with Gasteiger partial charge >= 0.3 is 11.9 Å². The zero-order chi connectivity index (χ0) is 22.7. The number of carbonyl (C=O) groups excluding carboxylic acids is 3. The first-order valence-electron chi connectivity index (χ1n) is 10.9. The molecule has 1 atom stereocenters. The van der Waals surface area contributed by atoms with E-state index in [-0.39, 0.29) is 5.91 Å². The summed E-state index contributed by atoms with van der Waals surface area (Å²) in [7, 11) is 0. The van der Waals surface area contributed by atoms with Crippen molar-refractivity contribution in [2.24, 2.45) is 0 Å². The van der Waals surface area contributed by atoms with E-state index in [0.29, 0.717) is 43.8 Å². The minimum absolute atomic E-state index is 0.173. The summed E-state index contributed by atoms with van der Waals surface area (Å²) in [5, 5.41) is 0. The Hall–Kier alpha value is -3.42. The lowest BCUT2D eigenvalue weighted by molar-refractivity contribution is -0.150. The Morgan fingerprint density at radius 3 is 2.69 bits per heavy atom.